The second-order valence-corrected chi connectivity index (χ2v) is 11.2. The van der Waals surface area contributed by atoms with E-state index in [1.165, 1.54) is 6.07 Å². The molecule has 0 aliphatic carbocycles. The summed E-state index contributed by atoms with van der Waals surface area (Å²) < 4.78 is 35.0. The number of anilines is 2. The fourth-order valence-corrected chi connectivity index (χ4v) is 5.62. The first-order valence-corrected chi connectivity index (χ1v) is 13.8. The number of rotatable bonds is 8. The standard InChI is InChI=1S/C29H31N3O4S/c1-5-36-28-16-27(20-7-6-8-21(13-20)29(33)18(2)3)31-26-12-11-24(15-25(26)28)37(34,35)32-23-10-9-19(4)22(14-23)17-30/h6-15,18,27-28,31-32H,5,16H2,1-4H3/t27?,28-/m0/s1. The van der Waals surface area contributed by atoms with Gasteiger partial charge in [-0.3, -0.25) is 9.52 Å². The first kappa shape index (κ1) is 26.4. The van der Waals surface area contributed by atoms with Crippen LogP contribution in [0.4, 0.5) is 11.4 Å². The quantitative estimate of drug-likeness (QED) is 0.348. The highest BCUT2D eigenvalue weighted by Crippen LogP contribution is 2.42. The topological polar surface area (TPSA) is 108 Å². The summed E-state index contributed by atoms with van der Waals surface area (Å²) in [6.45, 7) is 7.95. The number of carbonyl (C=O) groups is 1. The number of nitrogens with zero attached hydrogens (tertiary/aromatic N) is 1. The Morgan fingerprint density at radius 3 is 2.65 bits per heavy atom. The molecule has 0 saturated carbocycles. The van der Waals surface area contributed by atoms with Crippen LogP contribution in [0.15, 0.2) is 65.6 Å². The number of benzene rings is 3. The molecular formula is C29H31N3O4S. The summed E-state index contributed by atoms with van der Waals surface area (Å²) in [5.41, 5.74) is 4.72. The highest BCUT2D eigenvalue weighted by Gasteiger charge is 2.30. The van der Waals surface area contributed by atoms with E-state index in [9.17, 15) is 18.5 Å². The number of Topliss-reactive ketones (excluding diaryl/α,β-unsaturated/α-hetero) is 1. The van der Waals surface area contributed by atoms with Crippen molar-refractivity contribution in [1.82, 2.24) is 0 Å². The lowest BCUT2D eigenvalue weighted by Crippen LogP contribution is -2.24. The molecule has 0 amide bonds. The molecule has 0 saturated heterocycles. The molecule has 0 aromatic heterocycles. The number of nitriles is 1. The van der Waals surface area contributed by atoms with Crippen LogP contribution < -0.4 is 10.0 Å². The van der Waals surface area contributed by atoms with Gasteiger partial charge in [0.15, 0.2) is 5.78 Å². The maximum absolute atomic E-state index is 13.2. The lowest BCUT2D eigenvalue weighted by molar-refractivity contribution is 0.0497. The number of nitrogens with one attached hydrogen (secondary N) is 2. The van der Waals surface area contributed by atoms with E-state index in [2.05, 4.69) is 16.1 Å². The summed E-state index contributed by atoms with van der Waals surface area (Å²) in [4.78, 5) is 12.6. The first-order valence-electron chi connectivity index (χ1n) is 12.3. The van der Waals surface area contributed by atoms with Crippen molar-refractivity contribution in [1.29, 1.82) is 5.26 Å². The van der Waals surface area contributed by atoms with E-state index in [-0.39, 0.29) is 28.7 Å². The third-order valence-corrected chi connectivity index (χ3v) is 7.91. The Labute approximate surface area is 218 Å². The van der Waals surface area contributed by atoms with Gasteiger partial charge in [-0.25, -0.2) is 8.42 Å². The van der Waals surface area contributed by atoms with Gasteiger partial charge in [0.05, 0.1) is 34.4 Å². The van der Waals surface area contributed by atoms with Gasteiger partial charge in [0.25, 0.3) is 10.0 Å². The molecule has 8 heteroatoms. The van der Waals surface area contributed by atoms with E-state index >= 15 is 0 Å². The summed E-state index contributed by atoms with van der Waals surface area (Å²) in [7, 11) is -3.89. The SMILES string of the molecule is CCO[C@H]1CC(c2cccc(C(=O)C(C)C)c2)Nc2ccc(S(=O)(=O)Nc3ccc(C)c(C#N)c3)cc21. The summed E-state index contributed by atoms with van der Waals surface area (Å²) >= 11 is 0. The lowest BCUT2D eigenvalue weighted by Gasteiger charge is -2.34. The van der Waals surface area contributed by atoms with Gasteiger partial charge in [0, 0.05) is 35.8 Å². The van der Waals surface area contributed by atoms with Crippen LogP contribution in [0.25, 0.3) is 0 Å². The van der Waals surface area contributed by atoms with Gasteiger partial charge in [-0.05, 0) is 61.4 Å². The molecular weight excluding hydrogens is 486 g/mol. The van der Waals surface area contributed by atoms with E-state index < -0.39 is 10.0 Å². The Morgan fingerprint density at radius 2 is 1.95 bits per heavy atom. The molecule has 1 aliphatic rings. The zero-order valence-corrected chi connectivity index (χ0v) is 22.2. The molecule has 2 atom stereocenters. The van der Waals surface area contributed by atoms with Gasteiger partial charge in [0.1, 0.15) is 0 Å². The second kappa shape index (κ2) is 10.8. The fraction of sp³-hybridized carbons (Fsp3) is 0.310. The molecule has 3 aromatic rings. The van der Waals surface area contributed by atoms with Crippen molar-refractivity contribution in [3.8, 4) is 6.07 Å². The average molecular weight is 518 g/mol. The van der Waals surface area contributed by atoms with Crippen LogP contribution in [0.1, 0.15) is 71.9 Å². The molecule has 0 spiro atoms. The number of hydrogen-bond donors (Lipinski definition) is 2. The molecule has 2 N–H and O–H groups in total. The van der Waals surface area contributed by atoms with E-state index in [4.69, 9.17) is 4.74 Å². The van der Waals surface area contributed by atoms with Crippen molar-refractivity contribution in [3.05, 3.63) is 88.5 Å². The van der Waals surface area contributed by atoms with Gasteiger partial charge in [0.2, 0.25) is 0 Å². The van der Waals surface area contributed by atoms with E-state index in [1.54, 1.807) is 37.3 Å². The van der Waals surface area contributed by atoms with Crippen molar-refractivity contribution >= 4 is 27.2 Å². The number of fused-ring (bicyclic) bond motifs is 1. The van der Waals surface area contributed by atoms with Crippen molar-refractivity contribution in [2.75, 3.05) is 16.6 Å². The molecule has 0 radical (unpaired) electrons. The van der Waals surface area contributed by atoms with Crippen molar-refractivity contribution in [2.45, 2.75) is 51.2 Å². The molecule has 3 aromatic carbocycles. The molecule has 1 aliphatic heterocycles. The molecule has 7 nitrogen and oxygen atoms in total. The molecule has 37 heavy (non-hydrogen) atoms. The predicted octanol–water partition coefficient (Wildman–Crippen LogP) is 6.14. The summed E-state index contributed by atoms with van der Waals surface area (Å²) in [5.74, 6) is 0.00378. The van der Waals surface area contributed by atoms with Gasteiger partial charge >= 0.3 is 0 Å². The highest BCUT2D eigenvalue weighted by molar-refractivity contribution is 7.92. The predicted molar refractivity (Wildman–Crippen MR) is 144 cm³/mol. The summed E-state index contributed by atoms with van der Waals surface area (Å²) in [6, 6.07) is 19.4. The summed E-state index contributed by atoms with van der Waals surface area (Å²) in [5, 5.41) is 12.8. The average Bonchev–Trinajstić information content (AvgIpc) is 2.89. The van der Waals surface area contributed by atoms with Crippen molar-refractivity contribution in [3.63, 3.8) is 0 Å². The number of ketones is 1. The Balaban J connectivity index is 1.64. The minimum Gasteiger partial charge on any atom is -0.378 e. The van der Waals surface area contributed by atoms with Crippen LogP contribution in [0.5, 0.6) is 0 Å². The van der Waals surface area contributed by atoms with Crippen LogP contribution >= 0.6 is 0 Å². The zero-order valence-electron chi connectivity index (χ0n) is 21.4. The molecule has 192 valence electrons. The fourth-order valence-electron chi connectivity index (χ4n) is 4.53. The van der Waals surface area contributed by atoms with Crippen LogP contribution in [0, 0.1) is 24.2 Å². The molecule has 0 bridgehead atoms. The molecule has 4 rings (SSSR count). The number of carbonyl (C=O) groups excluding carboxylic acids is 1. The number of ether oxygens (including phenoxy) is 1. The number of sulfonamides is 1. The number of aryl methyl sites for hydroxylation is 1. The Bertz CT molecular complexity index is 1470. The third kappa shape index (κ3) is 5.68. The van der Waals surface area contributed by atoms with Crippen LogP contribution in [-0.4, -0.2) is 20.8 Å². The van der Waals surface area contributed by atoms with Gasteiger partial charge in [-0.1, -0.05) is 38.1 Å². The number of hydrogen-bond acceptors (Lipinski definition) is 6. The molecule has 1 heterocycles. The van der Waals surface area contributed by atoms with Crippen molar-refractivity contribution < 1.29 is 17.9 Å². The monoisotopic (exact) mass is 517 g/mol. The van der Waals surface area contributed by atoms with Gasteiger partial charge in [-0.15, -0.1) is 0 Å². The Kier molecular flexibility index (Phi) is 7.67. The maximum atomic E-state index is 13.2. The smallest absolute Gasteiger partial charge is 0.261 e. The van der Waals surface area contributed by atoms with E-state index in [0.717, 1.165) is 22.4 Å². The second-order valence-electron chi connectivity index (χ2n) is 9.52. The minimum absolute atomic E-state index is 0.0909. The lowest BCUT2D eigenvalue weighted by atomic mass is 9.89. The van der Waals surface area contributed by atoms with Crippen LogP contribution in [0.3, 0.4) is 0 Å². The van der Waals surface area contributed by atoms with Crippen LogP contribution in [-0.2, 0) is 14.8 Å². The molecule has 1 unspecified atom stereocenters. The Hall–Kier alpha value is -3.67. The van der Waals surface area contributed by atoms with Crippen LogP contribution in [0.2, 0.25) is 0 Å². The van der Waals surface area contributed by atoms with Gasteiger partial charge < -0.3 is 10.1 Å². The largest absolute Gasteiger partial charge is 0.378 e. The van der Waals surface area contributed by atoms with Crippen molar-refractivity contribution in [2.24, 2.45) is 5.92 Å². The normalized spacial score (nSPS) is 17.0. The highest BCUT2D eigenvalue weighted by atomic mass is 32.2. The van der Waals surface area contributed by atoms with E-state index in [1.807, 2.05) is 45.0 Å². The third-order valence-electron chi connectivity index (χ3n) is 6.54. The van der Waals surface area contributed by atoms with Gasteiger partial charge in [-0.2, -0.15) is 5.26 Å². The molecule has 0 fully saturated rings. The maximum Gasteiger partial charge on any atom is 0.261 e. The van der Waals surface area contributed by atoms with E-state index in [0.29, 0.717) is 29.8 Å². The Morgan fingerprint density at radius 1 is 1.16 bits per heavy atom. The zero-order chi connectivity index (χ0) is 26.7. The minimum atomic E-state index is -3.89. The first-order chi connectivity index (χ1) is 17.6. The summed E-state index contributed by atoms with van der Waals surface area (Å²) in [6.07, 6.45) is 0.260.